The van der Waals surface area contributed by atoms with E-state index in [1.165, 1.54) is 0 Å². The lowest BCUT2D eigenvalue weighted by molar-refractivity contribution is -0.120. The molecule has 20 heavy (non-hydrogen) atoms. The number of nitrogens with zero attached hydrogens (tertiary/aromatic N) is 1. The molecular weight excluding hydrogens is 295 g/mol. The lowest BCUT2D eigenvalue weighted by Gasteiger charge is -2.00. The van der Waals surface area contributed by atoms with Crippen molar-refractivity contribution in [3.05, 3.63) is 69.7 Å². The SMILES string of the molecule is O=C(Cc1ccc(Cl)cc1)N/N=C\c1ccc(Cl)cc1. The van der Waals surface area contributed by atoms with E-state index in [-0.39, 0.29) is 12.3 Å². The standard InChI is InChI=1S/C15H12Cl2N2O/c16-13-5-1-11(2-6-13)9-15(20)19-18-10-12-3-7-14(17)8-4-12/h1-8,10H,9H2,(H,19,20)/b18-10-. The predicted molar refractivity (Wildman–Crippen MR) is 82.3 cm³/mol. The Kier molecular flexibility index (Phi) is 5.16. The zero-order valence-electron chi connectivity index (χ0n) is 10.5. The summed E-state index contributed by atoms with van der Waals surface area (Å²) in [6.07, 6.45) is 1.82. The zero-order valence-corrected chi connectivity index (χ0v) is 12.0. The third-order valence-electron chi connectivity index (χ3n) is 2.55. The highest BCUT2D eigenvalue weighted by molar-refractivity contribution is 6.30. The third-order valence-corrected chi connectivity index (χ3v) is 3.05. The second kappa shape index (κ2) is 7.08. The van der Waals surface area contributed by atoms with Gasteiger partial charge in [0.15, 0.2) is 0 Å². The van der Waals surface area contributed by atoms with Crippen LogP contribution in [0.4, 0.5) is 0 Å². The van der Waals surface area contributed by atoms with Gasteiger partial charge >= 0.3 is 0 Å². The number of carbonyl (C=O) groups excluding carboxylic acids is 1. The van der Waals surface area contributed by atoms with Crippen molar-refractivity contribution in [3.8, 4) is 0 Å². The number of amides is 1. The van der Waals surface area contributed by atoms with Crippen LogP contribution in [0.2, 0.25) is 10.0 Å². The second-order valence-electron chi connectivity index (χ2n) is 4.15. The van der Waals surface area contributed by atoms with Crippen LogP contribution in [0.15, 0.2) is 53.6 Å². The second-order valence-corrected chi connectivity index (χ2v) is 5.02. The first-order chi connectivity index (χ1) is 9.63. The largest absolute Gasteiger partial charge is 0.273 e. The summed E-state index contributed by atoms with van der Waals surface area (Å²) >= 11 is 11.6. The molecule has 0 bridgehead atoms. The summed E-state index contributed by atoms with van der Waals surface area (Å²) in [6.45, 7) is 0. The first-order valence-electron chi connectivity index (χ1n) is 5.95. The molecule has 0 radical (unpaired) electrons. The fourth-order valence-electron chi connectivity index (χ4n) is 1.55. The molecule has 2 rings (SSSR count). The molecule has 0 aliphatic rings. The third kappa shape index (κ3) is 4.68. The highest BCUT2D eigenvalue weighted by Gasteiger charge is 2.01. The van der Waals surface area contributed by atoms with Gasteiger partial charge in [-0.25, -0.2) is 5.43 Å². The van der Waals surface area contributed by atoms with Gasteiger partial charge in [0, 0.05) is 10.0 Å². The maximum absolute atomic E-state index is 11.7. The van der Waals surface area contributed by atoms with Crippen molar-refractivity contribution >= 4 is 35.3 Å². The lowest BCUT2D eigenvalue weighted by atomic mass is 10.1. The average molecular weight is 307 g/mol. The number of nitrogens with one attached hydrogen (secondary N) is 1. The summed E-state index contributed by atoms with van der Waals surface area (Å²) < 4.78 is 0. The van der Waals surface area contributed by atoms with E-state index in [2.05, 4.69) is 10.5 Å². The Hall–Kier alpha value is -1.84. The van der Waals surface area contributed by atoms with Crippen LogP contribution in [0, 0.1) is 0 Å². The van der Waals surface area contributed by atoms with E-state index in [4.69, 9.17) is 23.2 Å². The van der Waals surface area contributed by atoms with Crippen molar-refractivity contribution in [1.29, 1.82) is 0 Å². The van der Waals surface area contributed by atoms with E-state index >= 15 is 0 Å². The van der Waals surface area contributed by atoms with E-state index < -0.39 is 0 Å². The summed E-state index contributed by atoms with van der Waals surface area (Å²) in [4.78, 5) is 11.7. The van der Waals surface area contributed by atoms with Crippen LogP contribution in [0.3, 0.4) is 0 Å². The number of hydrogen-bond acceptors (Lipinski definition) is 2. The minimum absolute atomic E-state index is 0.183. The Morgan fingerprint density at radius 3 is 2.15 bits per heavy atom. The van der Waals surface area contributed by atoms with Crippen molar-refractivity contribution in [1.82, 2.24) is 5.43 Å². The monoisotopic (exact) mass is 306 g/mol. The van der Waals surface area contributed by atoms with E-state index in [0.717, 1.165) is 11.1 Å². The molecule has 2 aromatic rings. The highest BCUT2D eigenvalue weighted by atomic mass is 35.5. The smallest absolute Gasteiger partial charge is 0.244 e. The topological polar surface area (TPSA) is 41.5 Å². The lowest BCUT2D eigenvalue weighted by Crippen LogP contribution is -2.19. The van der Waals surface area contributed by atoms with Gasteiger partial charge in [0.25, 0.3) is 0 Å². The Labute approximate surface area is 127 Å². The number of hydrogen-bond donors (Lipinski definition) is 1. The van der Waals surface area contributed by atoms with Crippen molar-refractivity contribution in [2.45, 2.75) is 6.42 Å². The van der Waals surface area contributed by atoms with Crippen molar-refractivity contribution in [2.75, 3.05) is 0 Å². The van der Waals surface area contributed by atoms with Crippen LogP contribution in [-0.4, -0.2) is 12.1 Å². The highest BCUT2D eigenvalue weighted by Crippen LogP contribution is 2.10. The Morgan fingerprint density at radius 2 is 1.55 bits per heavy atom. The molecule has 0 spiro atoms. The van der Waals surface area contributed by atoms with Crippen LogP contribution in [-0.2, 0) is 11.2 Å². The minimum atomic E-state index is -0.183. The first kappa shape index (κ1) is 14.6. The van der Waals surface area contributed by atoms with Crippen molar-refractivity contribution < 1.29 is 4.79 Å². The fourth-order valence-corrected chi connectivity index (χ4v) is 1.81. The quantitative estimate of drug-likeness (QED) is 0.679. The summed E-state index contributed by atoms with van der Waals surface area (Å²) in [5.74, 6) is -0.183. The Morgan fingerprint density at radius 1 is 1.00 bits per heavy atom. The van der Waals surface area contributed by atoms with Crippen LogP contribution >= 0.6 is 23.2 Å². The van der Waals surface area contributed by atoms with E-state index in [9.17, 15) is 4.79 Å². The molecule has 2 aromatic carbocycles. The van der Waals surface area contributed by atoms with Crippen LogP contribution in [0.5, 0.6) is 0 Å². The molecule has 0 saturated carbocycles. The Balaban J connectivity index is 1.85. The molecule has 0 atom stereocenters. The number of rotatable bonds is 4. The molecule has 0 aliphatic carbocycles. The van der Waals surface area contributed by atoms with E-state index in [1.54, 1.807) is 30.5 Å². The number of benzene rings is 2. The molecule has 0 heterocycles. The molecule has 0 fully saturated rings. The molecule has 1 N–H and O–H groups in total. The molecular formula is C15H12Cl2N2O. The van der Waals surface area contributed by atoms with Gasteiger partial charge in [0.1, 0.15) is 0 Å². The van der Waals surface area contributed by atoms with Crippen molar-refractivity contribution in [2.24, 2.45) is 5.10 Å². The van der Waals surface area contributed by atoms with E-state index in [0.29, 0.717) is 10.0 Å². The number of hydrazone groups is 1. The Bertz CT molecular complexity index is 607. The summed E-state index contributed by atoms with van der Waals surface area (Å²) in [7, 11) is 0. The van der Waals surface area contributed by atoms with Crippen molar-refractivity contribution in [3.63, 3.8) is 0 Å². The van der Waals surface area contributed by atoms with Gasteiger partial charge in [0.2, 0.25) is 5.91 Å². The molecule has 0 aliphatic heterocycles. The molecule has 0 aromatic heterocycles. The molecule has 0 unspecified atom stereocenters. The minimum Gasteiger partial charge on any atom is -0.273 e. The predicted octanol–water partition coefficient (Wildman–Crippen LogP) is 3.69. The summed E-state index contributed by atoms with van der Waals surface area (Å²) in [5, 5.41) is 5.20. The molecule has 3 nitrogen and oxygen atoms in total. The molecule has 102 valence electrons. The van der Waals surface area contributed by atoms with Gasteiger partial charge in [-0.2, -0.15) is 5.10 Å². The van der Waals surface area contributed by atoms with Crippen LogP contribution in [0.25, 0.3) is 0 Å². The fraction of sp³-hybridized carbons (Fsp3) is 0.0667. The first-order valence-corrected chi connectivity index (χ1v) is 6.71. The summed E-state index contributed by atoms with van der Waals surface area (Å²) in [6, 6.07) is 14.3. The van der Waals surface area contributed by atoms with Crippen LogP contribution in [0.1, 0.15) is 11.1 Å². The summed E-state index contributed by atoms with van der Waals surface area (Å²) in [5.41, 5.74) is 4.22. The van der Waals surface area contributed by atoms with Gasteiger partial charge in [-0.3, -0.25) is 4.79 Å². The van der Waals surface area contributed by atoms with Crippen LogP contribution < -0.4 is 5.43 Å². The van der Waals surface area contributed by atoms with Gasteiger partial charge < -0.3 is 0 Å². The van der Waals surface area contributed by atoms with Gasteiger partial charge in [-0.05, 0) is 35.4 Å². The number of halogens is 2. The maximum Gasteiger partial charge on any atom is 0.244 e. The molecule has 1 amide bonds. The zero-order chi connectivity index (χ0) is 14.4. The van der Waals surface area contributed by atoms with Gasteiger partial charge in [-0.1, -0.05) is 47.5 Å². The average Bonchev–Trinajstić information content (AvgIpc) is 2.44. The van der Waals surface area contributed by atoms with Gasteiger partial charge in [-0.15, -0.1) is 0 Å². The number of carbonyl (C=O) groups is 1. The molecule has 0 saturated heterocycles. The maximum atomic E-state index is 11.7. The van der Waals surface area contributed by atoms with E-state index in [1.807, 2.05) is 24.3 Å². The normalized spacial score (nSPS) is 10.7. The van der Waals surface area contributed by atoms with Gasteiger partial charge in [0.05, 0.1) is 12.6 Å². The molecule has 5 heteroatoms.